The minimum atomic E-state index is -0.729. The van der Waals surface area contributed by atoms with Gasteiger partial charge >= 0.3 is 5.97 Å². The summed E-state index contributed by atoms with van der Waals surface area (Å²) in [5.41, 5.74) is -0.0137. The number of hydrogen-bond donors (Lipinski definition) is 3. The molecule has 0 radical (unpaired) electrons. The molecule has 1 rings (SSSR count). The number of rotatable bonds is 4. The molecule has 0 atom stereocenters. The number of aliphatic carboxylic acids is 1. The third kappa shape index (κ3) is 3.27. The monoisotopic (exact) mass is 200 g/mol. The molecule has 3 N–H and O–H groups in total. The molecule has 1 saturated heterocycles. The second-order valence-electron chi connectivity index (χ2n) is 5.37. The number of hydrogen-bond acceptors (Lipinski definition) is 3. The van der Waals surface area contributed by atoms with E-state index in [1.165, 1.54) is 0 Å². The quantitative estimate of drug-likeness (QED) is 0.616. The molecule has 0 spiro atoms. The summed E-state index contributed by atoms with van der Waals surface area (Å²) in [4.78, 5) is 10.7. The van der Waals surface area contributed by atoms with Gasteiger partial charge in [-0.05, 0) is 5.41 Å². The SMILES string of the molecule is CC(C)(C)CNC1(CC(=O)O)CNC1. The van der Waals surface area contributed by atoms with Crippen molar-refractivity contribution >= 4 is 5.97 Å². The minimum absolute atomic E-state index is 0.196. The fourth-order valence-electron chi connectivity index (χ4n) is 1.48. The first-order valence-corrected chi connectivity index (χ1v) is 5.01. The molecule has 0 amide bonds. The third-order valence-corrected chi connectivity index (χ3v) is 2.41. The lowest BCUT2D eigenvalue weighted by molar-refractivity contribution is -0.139. The number of nitrogens with one attached hydrogen (secondary N) is 2. The summed E-state index contributed by atoms with van der Waals surface area (Å²) in [6, 6.07) is 0. The first-order valence-electron chi connectivity index (χ1n) is 5.01. The topological polar surface area (TPSA) is 61.4 Å². The summed E-state index contributed by atoms with van der Waals surface area (Å²) in [7, 11) is 0. The van der Waals surface area contributed by atoms with Crippen LogP contribution in [0.1, 0.15) is 27.2 Å². The van der Waals surface area contributed by atoms with E-state index in [9.17, 15) is 4.79 Å². The predicted octanol–water partition coefficient (Wildman–Crippen LogP) is 0.439. The zero-order chi connectivity index (χ0) is 10.8. The maximum atomic E-state index is 10.7. The lowest BCUT2D eigenvalue weighted by Crippen LogP contribution is -2.69. The van der Waals surface area contributed by atoms with E-state index >= 15 is 0 Å². The zero-order valence-corrected chi connectivity index (χ0v) is 9.18. The van der Waals surface area contributed by atoms with Crippen molar-refractivity contribution in [2.45, 2.75) is 32.7 Å². The summed E-state index contributed by atoms with van der Waals surface area (Å²) >= 11 is 0. The standard InChI is InChI=1S/C10H20N2O2/c1-9(2,3)5-12-10(4-8(13)14)6-11-7-10/h11-12H,4-7H2,1-3H3,(H,13,14). The van der Waals surface area contributed by atoms with Crippen LogP contribution in [0.25, 0.3) is 0 Å². The molecule has 4 heteroatoms. The molecular weight excluding hydrogens is 180 g/mol. The van der Waals surface area contributed by atoms with Crippen molar-refractivity contribution in [3.63, 3.8) is 0 Å². The number of carboxylic acid groups (broad SMARTS) is 1. The van der Waals surface area contributed by atoms with Gasteiger partial charge in [-0.2, -0.15) is 0 Å². The fourth-order valence-corrected chi connectivity index (χ4v) is 1.48. The lowest BCUT2D eigenvalue weighted by Gasteiger charge is -2.44. The first-order chi connectivity index (χ1) is 6.33. The summed E-state index contributed by atoms with van der Waals surface area (Å²) in [5, 5.41) is 15.3. The van der Waals surface area contributed by atoms with E-state index in [2.05, 4.69) is 31.4 Å². The molecule has 14 heavy (non-hydrogen) atoms. The van der Waals surface area contributed by atoms with Crippen LogP contribution in [0.3, 0.4) is 0 Å². The van der Waals surface area contributed by atoms with Crippen LogP contribution in [0.2, 0.25) is 0 Å². The smallest absolute Gasteiger partial charge is 0.305 e. The molecule has 0 aliphatic carbocycles. The molecule has 1 fully saturated rings. The maximum Gasteiger partial charge on any atom is 0.305 e. The average Bonchev–Trinajstić information content (AvgIpc) is 1.92. The van der Waals surface area contributed by atoms with Crippen LogP contribution in [-0.4, -0.2) is 36.2 Å². The van der Waals surface area contributed by atoms with Crippen molar-refractivity contribution in [2.24, 2.45) is 5.41 Å². The van der Waals surface area contributed by atoms with Crippen LogP contribution in [-0.2, 0) is 4.79 Å². The average molecular weight is 200 g/mol. The molecule has 0 aromatic carbocycles. The van der Waals surface area contributed by atoms with Gasteiger partial charge in [-0.1, -0.05) is 20.8 Å². The second-order valence-corrected chi connectivity index (χ2v) is 5.37. The Morgan fingerprint density at radius 1 is 1.50 bits per heavy atom. The van der Waals surface area contributed by atoms with Gasteiger partial charge in [0.15, 0.2) is 0 Å². The van der Waals surface area contributed by atoms with Gasteiger partial charge in [0.05, 0.1) is 12.0 Å². The highest BCUT2D eigenvalue weighted by Crippen LogP contribution is 2.19. The first kappa shape index (κ1) is 11.5. The zero-order valence-electron chi connectivity index (χ0n) is 9.18. The van der Waals surface area contributed by atoms with E-state index in [0.29, 0.717) is 0 Å². The molecule has 4 nitrogen and oxygen atoms in total. The highest BCUT2D eigenvalue weighted by atomic mass is 16.4. The Labute approximate surface area is 85.1 Å². The van der Waals surface area contributed by atoms with Gasteiger partial charge in [0, 0.05) is 19.6 Å². The van der Waals surface area contributed by atoms with E-state index in [4.69, 9.17) is 5.11 Å². The second kappa shape index (κ2) is 3.87. The molecule has 1 heterocycles. The van der Waals surface area contributed by atoms with Crippen molar-refractivity contribution in [1.82, 2.24) is 10.6 Å². The van der Waals surface area contributed by atoms with Crippen molar-refractivity contribution in [1.29, 1.82) is 0 Å². The lowest BCUT2D eigenvalue weighted by atomic mass is 9.86. The van der Waals surface area contributed by atoms with Crippen LogP contribution in [0.15, 0.2) is 0 Å². The Hall–Kier alpha value is -0.610. The van der Waals surface area contributed by atoms with Crippen LogP contribution in [0.5, 0.6) is 0 Å². The van der Waals surface area contributed by atoms with E-state index in [-0.39, 0.29) is 17.4 Å². The molecule has 0 unspecified atom stereocenters. The highest BCUT2D eigenvalue weighted by Gasteiger charge is 2.39. The van der Waals surface area contributed by atoms with Crippen molar-refractivity contribution in [3.05, 3.63) is 0 Å². The van der Waals surface area contributed by atoms with Gasteiger partial charge in [0.25, 0.3) is 0 Å². The Bertz CT molecular complexity index is 217. The summed E-state index contributed by atoms with van der Waals surface area (Å²) in [6.45, 7) is 8.79. The largest absolute Gasteiger partial charge is 0.481 e. The van der Waals surface area contributed by atoms with Crippen molar-refractivity contribution in [3.8, 4) is 0 Å². The van der Waals surface area contributed by atoms with Gasteiger partial charge in [-0.3, -0.25) is 4.79 Å². The van der Waals surface area contributed by atoms with Gasteiger partial charge < -0.3 is 15.7 Å². The number of carboxylic acids is 1. The molecule has 1 aliphatic heterocycles. The Morgan fingerprint density at radius 2 is 2.07 bits per heavy atom. The molecule has 0 bridgehead atoms. The van der Waals surface area contributed by atoms with Gasteiger partial charge in [0.2, 0.25) is 0 Å². The normalized spacial score (nSPS) is 20.2. The van der Waals surface area contributed by atoms with Crippen LogP contribution < -0.4 is 10.6 Å². The molecule has 0 aromatic rings. The van der Waals surface area contributed by atoms with Gasteiger partial charge in [0.1, 0.15) is 0 Å². The van der Waals surface area contributed by atoms with Crippen LogP contribution in [0.4, 0.5) is 0 Å². The van der Waals surface area contributed by atoms with Crippen LogP contribution in [0, 0.1) is 5.41 Å². The molecule has 82 valence electrons. The van der Waals surface area contributed by atoms with Crippen LogP contribution >= 0.6 is 0 Å². The molecule has 0 aromatic heterocycles. The Kier molecular flexibility index (Phi) is 3.17. The van der Waals surface area contributed by atoms with E-state index < -0.39 is 5.97 Å². The van der Waals surface area contributed by atoms with Gasteiger partial charge in [-0.15, -0.1) is 0 Å². The minimum Gasteiger partial charge on any atom is -0.481 e. The van der Waals surface area contributed by atoms with E-state index in [0.717, 1.165) is 19.6 Å². The maximum absolute atomic E-state index is 10.7. The third-order valence-electron chi connectivity index (χ3n) is 2.41. The molecule has 1 aliphatic rings. The number of carbonyl (C=O) groups is 1. The summed E-state index contributed by atoms with van der Waals surface area (Å²) < 4.78 is 0. The Balaban J connectivity index is 2.42. The molecular formula is C10H20N2O2. The highest BCUT2D eigenvalue weighted by molar-refractivity contribution is 5.68. The predicted molar refractivity (Wildman–Crippen MR) is 55.3 cm³/mol. The van der Waals surface area contributed by atoms with E-state index in [1.807, 2.05) is 0 Å². The summed E-state index contributed by atoms with van der Waals surface area (Å²) in [6.07, 6.45) is 0.204. The summed E-state index contributed by atoms with van der Waals surface area (Å²) in [5.74, 6) is -0.729. The Morgan fingerprint density at radius 3 is 2.36 bits per heavy atom. The van der Waals surface area contributed by atoms with Crippen molar-refractivity contribution in [2.75, 3.05) is 19.6 Å². The van der Waals surface area contributed by atoms with Gasteiger partial charge in [-0.25, -0.2) is 0 Å². The fraction of sp³-hybridized carbons (Fsp3) is 0.900. The molecule has 0 saturated carbocycles. The van der Waals surface area contributed by atoms with E-state index in [1.54, 1.807) is 0 Å². The van der Waals surface area contributed by atoms with Crippen molar-refractivity contribution < 1.29 is 9.90 Å².